The van der Waals surface area contributed by atoms with Crippen molar-refractivity contribution in [2.45, 2.75) is 70.5 Å². The van der Waals surface area contributed by atoms with Crippen molar-refractivity contribution in [2.75, 3.05) is 51.6 Å². The zero-order valence-electron chi connectivity index (χ0n) is 27.9. The van der Waals surface area contributed by atoms with Crippen LogP contribution >= 0.6 is 31.9 Å². The number of aliphatic imine (C=N–C) groups is 1. The van der Waals surface area contributed by atoms with E-state index in [2.05, 4.69) is 83.7 Å². The molecule has 12 heteroatoms. The van der Waals surface area contributed by atoms with Gasteiger partial charge >= 0.3 is 6.03 Å². The number of hydrogen-bond donors (Lipinski definition) is 2. The summed E-state index contributed by atoms with van der Waals surface area (Å²) < 4.78 is 1.95. The second kappa shape index (κ2) is 15.6. The molecule has 0 radical (unpaired) electrons. The first-order valence-corrected chi connectivity index (χ1v) is 18.8. The van der Waals surface area contributed by atoms with E-state index in [9.17, 15) is 14.9 Å². The van der Waals surface area contributed by atoms with Crippen LogP contribution in [0.25, 0.3) is 0 Å². The van der Waals surface area contributed by atoms with E-state index in [1.165, 1.54) is 12.8 Å². The third-order valence-corrected chi connectivity index (χ3v) is 12.5. The van der Waals surface area contributed by atoms with Crippen LogP contribution in [0, 0.1) is 30.2 Å². The Hall–Kier alpha value is -3.14. The van der Waals surface area contributed by atoms with Gasteiger partial charge in [0, 0.05) is 59.8 Å². The molecular weight excluding hydrogens is 736 g/mol. The average molecular weight is 783 g/mol. The van der Waals surface area contributed by atoms with Crippen molar-refractivity contribution in [3.63, 3.8) is 0 Å². The van der Waals surface area contributed by atoms with Crippen LogP contribution < -0.4 is 10.6 Å². The van der Waals surface area contributed by atoms with E-state index < -0.39 is 6.04 Å². The molecule has 2 N–H and O–H groups in total. The SMILES string of the molecule is Cc1c(Br)cc(C[C@H](N=C(NC#N)N2CCC(N3Cc4ccccc4NC3=O)CC2)C(=O)N2CCC(C3CCN(C)CC3)CC2)cc1Br. The predicted molar refractivity (Wildman–Crippen MR) is 195 cm³/mol. The van der Waals surface area contributed by atoms with E-state index in [0.29, 0.717) is 37.9 Å². The number of nitrogens with zero attached hydrogens (tertiary/aromatic N) is 6. The Morgan fingerprint density at radius 2 is 1.58 bits per heavy atom. The first-order chi connectivity index (χ1) is 23.2. The molecule has 6 rings (SSSR count). The van der Waals surface area contributed by atoms with Gasteiger partial charge in [-0.1, -0.05) is 50.1 Å². The normalized spacial score (nSPS) is 21.0. The van der Waals surface area contributed by atoms with Crippen molar-refractivity contribution in [1.82, 2.24) is 24.9 Å². The summed E-state index contributed by atoms with van der Waals surface area (Å²) in [6, 6.07) is 11.4. The second-order valence-corrected chi connectivity index (χ2v) is 15.5. The lowest BCUT2D eigenvalue weighted by molar-refractivity contribution is -0.134. The summed E-state index contributed by atoms with van der Waals surface area (Å²) in [6.45, 7) is 7.67. The van der Waals surface area contributed by atoms with Gasteiger partial charge in [-0.25, -0.2) is 9.79 Å². The second-order valence-electron chi connectivity index (χ2n) is 13.8. The summed E-state index contributed by atoms with van der Waals surface area (Å²) in [6.07, 6.45) is 8.53. The number of rotatable bonds is 6. The lowest BCUT2D eigenvalue weighted by atomic mass is 9.79. The van der Waals surface area contributed by atoms with Crippen molar-refractivity contribution in [2.24, 2.45) is 16.8 Å². The number of anilines is 1. The van der Waals surface area contributed by atoms with Crippen LogP contribution in [0.15, 0.2) is 50.3 Å². The molecule has 3 fully saturated rings. The zero-order valence-corrected chi connectivity index (χ0v) is 31.1. The number of guanidine groups is 1. The molecule has 3 amide bonds. The maximum absolute atomic E-state index is 14.3. The van der Waals surface area contributed by atoms with Gasteiger partial charge in [-0.2, -0.15) is 5.26 Å². The van der Waals surface area contributed by atoms with Crippen molar-refractivity contribution in [3.05, 3.63) is 62.0 Å². The van der Waals surface area contributed by atoms with Gasteiger partial charge in [-0.15, -0.1) is 0 Å². The van der Waals surface area contributed by atoms with Gasteiger partial charge < -0.3 is 24.9 Å². The van der Waals surface area contributed by atoms with Crippen LogP contribution in [-0.4, -0.2) is 95.9 Å². The topological polar surface area (TPSA) is 107 Å². The van der Waals surface area contributed by atoms with Crippen molar-refractivity contribution in [3.8, 4) is 6.19 Å². The first-order valence-electron chi connectivity index (χ1n) is 17.3. The Kier molecular flexibility index (Phi) is 11.3. The van der Waals surface area contributed by atoms with Crippen LogP contribution in [-0.2, 0) is 17.8 Å². The van der Waals surface area contributed by atoms with Gasteiger partial charge in [-0.3, -0.25) is 10.1 Å². The molecule has 2 aromatic rings. The Balaban J connectivity index is 1.17. The molecule has 0 bridgehead atoms. The number of urea groups is 1. The summed E-state index contributed by atoms with van der Waals surface area (Å²) >= 11 is 7.36. The van der Waals surface area contributed by atoms with E-state index in [-0.39, 0.29) is 18.0 Å². The molecule has 4 aliphatic rings. The summed E-state index contributed by atoms with van der Waals surface area (Å²) in [4.78, 5) is 40.7. The first kappa shape index (κ1) is 34.7. The number of fused-ring (bicyclic) bond motifs is 1. The molecule has 4 heterocycles. The Morgan fingerprint density at radius 3 is 2.23 bits per heavy atom. The van der Waals surface area contributed by atoms with Gasteiger partial charge in [0.1, 0.15) is 6.04 Å². The molecule has 1 atom stereocenters. The van der Waals surface area contributed by atoms with Gasteiger partial charge in [0.25, 0.3) is 0 Å². The third-order valence-electron chi connectivity index (χ3n) is 10.8. The summed E-state index contributed by atoms with van der Waals surface area (Å²) in [7, 11) is 2.20. The largest absolute Gasteiger partial charge is 0.342 e. The molecule has 0 aromatic heterocycles. The molecule has 48 heavy (non-hydrogen) atoms. The Labute approximate surface area is 301 Å². The number of nitrogens with one attached hydrogen (secondary N) is 2. The maximum Gasteiger partial charge on any atom is 0.322 e. The third kappa shape index (κ3) is 8.01. The minimum absolute atomic E-state index is 0.0143. The van der Waals surface area contributed by atoms with Crippen LogP contribution in [0.4, 0.5) is 10.5 Å². The zero-order chi connectivity index (χ0) is 33.8. The quantitative estimate of drug-likeness (QED) is 0.163. The number of benzene rings is 2. The number of carbonyl (C=O) groups excluding carboxylic acids is 2. The predicted octanol–water partition coefficient (Wildman–Crippen LogP) is 5.95. The highest BCUT2D eigenvalue weighted by atomic mass is 79.9. The van der Waals surface area contributed by atoms with E-state index in [1.54, 1.807) is 0 Å². The Bertz CT molecular complexity index is 1530. The van der Waals surface area contributed by atoms with Gasteiger partial charge in [-0.05, 0) is 112 Å². The monoisotopic (exact) mass is 780 g/mol. The number of carbonyl (C=O) groups is 2. The molecule has 0 spiro atoms. The smallest absolute Gasteiger partial charge is 0.322 e. The maximum atomic E-state index is 14.3. The molecular formula is C36H46Br2N8O2. The fourth-order valence-electron chi connectivity index (χ4n) is 7.83. The van der Waals surface area contributed by atoms with E-state index in [4.69, 9.17) is 4.99 Å². The van der Waals surface area contributed by atoms with E-state index in [1.807, 2.05) is 34.9 Å². The summed E-state index contributed by atoms with van der Waals surface area (Å²) in [5.41, 5.74) is 4.08. The van der Waals surface area contributed by atoms with Crippen LogP contribution in [0.3, 0.4) is 0 Å². The van der Waals surface area contributed by atoms with Crippen LogP contribution in [0.5, 0.6) is 0 Å². The number of halogens is 2. The highest BCUT2D eigenvalue weighted by Crippen LogP contribution is 2.33. The Morgan fingerprint density at radius 1 is 0.979 bits per heavy atom. The molecule has 2 aromatic carbocycles. The van der Waals surface area contributed by atoms with E-state index in [0.717, 1.165) is 89.1 Å². The number of para-hydroxylation sites is 1. The van der Waals surface area contributed by atoms with Gasteiger partial charge in [0.05, 0.1) is 0 Å². The molecule has 256 valence electrons. The van der Waals surface area contributed by atoms with Crippen molar-refractivity contribution >= 4 is 55.4 Å². The minimum atomic E-state index is -0.677. The molecule has 3 saturated heterocycles. The fourth-order valence-corrected chi connectivity index (χ4v) is 9.11. The molecule has 0 aliphatic carbocycles. The lowest BCUT2D eigenvalue weighted by Gasteiger charge is -2.41. The molecule has 4 aliphatic heterocycles. The van der Waals surface area contributed by atoms with Crippen molar-refractivity contribution in [1.29, 1.82) is 5.26 Å². The lowest BCUT2D eigenvalue weighted by Crippen LogP contribution is -2.53. The number of amides is 3. The van der Waals surface area contributed by atoms with E-state index >= 15 is 0 Å². The standard InChI is InChI=1S/C36H46Br2N8O2/c1-24-30(37)19-25(20-31(24)38)21-33(34(47)44-15-9-27(10-16-44)26-7-13-43(2)14-8-26)41-35(40-23-39)45-17-11-29(12-18-45)46-22-28-5-3-4-6-32(28)42-36(46)48/h3-6,19-20,26-27,29,33H,7-18,21-22H2,1-2H3,(H,40,41)(H,42,48)/t33-/m0/s1. The average Bonchev–Trinajstić information content (AvgIpc) is 3.10. The van der Waals surface area contributed by atoms with Gasteiger partial charge in [0.15, 0.2) is 6.19 Å². The highest BCUT2D eigenvalue weighted by molar-refractivity contribution is 9.11. The molecule has 0 saturated carbocycles. The fraction of sp³-hybridized carbons (Fsp3) is 0.556. The number of hydrogen-bond acceptors (Lipinski definition) is 5. The molecule has 0 unspecified atom stereocenters. The van der Waals surface area contributed by atoms with Gasteiger partial charge in [0.2, 0.25) is 11.9 Å². The number of piperidine rings is 3. The summed E-state index contributed by atoms with van der Waals surface area (Å²) in [5.74, 6) is 1.85. The van der Waals surface area contributed by atoms with Crippen LogP contribution in [0.1, 0.15) is 55.2 Å². The minimum Gasteiger partial charge on any atom is -0.342 e. The highest BCUT2D eigenvalue weighted by Gasteiger charge is 2.35. The molecule has 10 nitrogen and oxygen atoms in total. The number of likely N-dealkylation sites (tertiary alicyclic amines) is 3. The summed E-state index contributed by atoms with van der Waals surface area (Å²) in [5, 5.41) is 15.6. The number of nitriles is 1. The van der Waals surface area contributed by atoms with Crippen molar-refractivity contribution < 1.29 is 9.59 Å². The van der Waals surface area contributed by atoms with Crippen LogP contribution in [0.2, 0.25) is 0 Å².